The average molecular weight is 299 g/mol. The van der Waals surface area contributed by atoms with Crippen molar-refractivity contribution in [2.24, 2.45) is 0 Å². The number of carboxylic acids is 1. The van der Waals surface area contributed by atoms with Crippen LogP contribution in [-0.4, -0.2) is 51.5 Å². The zero-order valence-corrected chi connectivity index (χ0v) is 12.0. The van der Waals surface area contributed by atoms with Gasteiger partial charge in [-0.1, -0.05) is 0 Å². The van der Waals surface area contributed by atoms with Crippen molar-refractivity contribution in [3.63, 3.8) is 0 Å². The van der Waals surface area contributed by atoms with Crippen molar-refractivity contribution in [1.29, 1.82) is 0 Å². The molecule has 8 nitrogen and oxygen atoms in total. The zero-order valence-electron chi connectivity index (χ0n) is 12.0. The lowest BCUT2D eigenvalue weighted by Crippen LogP contribution is -2.20. The molecule has 0 unspecified atom stereocenters. The Morgan fingerprint density at radius 3 is 2.05 bits per heavy atom. The van der Waals surface area contributed by atoms with Gasteiger partial charge in [0.25, 0.3) is 0 Å². The Hall–Kier alpha value is -2.48. The van der Waals surface area contributed by atoms with Gasteiger partial charge < -0.3 is 29.4 Å². The number of amides is 1. The fourth-order valence-electron chi connectivity index (χ4n) is 1.58. The number of aliphatic carboxylic acids is 1. The van der Waals surface area contributed by atoms with Gasteiger partial charge in [-0.25, -0.2) is 4.79 Å². The maximum Gasteiger partial charge on any atom is 0.329 e. The summed E-state index contributed by atoms with van der Waals surface area (Å²) in [6, 6.07) is 3.10. The molecule has 1 aromatic rings. The fourth-order valence-corrected chi connectivity index (χ4v) is 1.58. The molecule has 1 aromatic carbocycles. The summed E-state index contributed by atoms with van der Waals surface area (Å²) in [7, 11) is 4.39. The molecular weight excluding hydrogens is 282 g/mol. The highest BCUT2D eigenvalue weighted by atomic mass is 16.5. The molecule has 8 heteroatoms. The minimum absolute atomic E-state index is 0.372. The minimum Gasteiger partial charge on any atom is -0.493 e. The number of ether oxygens (including phenoxy) is 4. The molecule has 0 saturated carbocycles. The van der Waals surface area contributed by atoms with Gasteiger partial charge >= 0.3 is 5.97 Å². The lowest BCUT2D eigenvalue weighted by molar-refractivity contribution is -0.143. The van der Waals surface area contributed by atoms with Crippen LogP contribution in [0.2, 0.25) is 0 Å². The average Bonchev–Trinajstić information content (AvgIpc) is 2.45. The van der Waals surface area contributed by atoms with Crippen molar-refractivity contribution in [2.45, 2.75) is 0 Å². The number of carbonyl (C=O) groups excluding carboxylic acids is 1. The van der Waals surface area contributed by atoms with Crippen LogP contribution in [-0.2, 0) is 14.3 Å². The number of carboxylic acid groups (broad SMARTS) is 1. The highest BCUT2D eigenvalue weighted by molar-refractivity contribution is 5.92. The van der Waals surface area contributed by atoms with Crippen LogP contribution < -0.4 is 19.5 Å². The molecule has 0 atom stereocenters. The van der Waals surface area contributed by atoms with Crippen LogP contribution in [0.5, 0.6) is 17.2 Å². The Bertz CT molecular complexity index is 490. The van der Waals surface area contributed by atoms with Gasteiger partial charge in [0.05, 0.1) is 21.3 Å². The molecule has 0 aromatic heterocycles. The third-order valence-electron chi connectivity index (χ3n) is 2.41. The highest BCUT2D eigenvalue weighted by Crippen LogP contribution is 2.39. The number of anilines is 1. The van der Waals surface area contributed by atoms with Crippen molar-refractivity contribution in [1.82, 2.24) is 0 Å². The van der Waals surface area contributed by atoms with Gasteiger partial charge in [-0.05, 0) is 0 Å². The van der Waals surface area contributed by atoms with E-state index in [0.717, 1.165) is 0 Å². The van der Waals surface area contributed by atoms with Gasteiger partial charge in [0.2, 0.25) is 11.7 Å². The number of hydrogen-bond acceptors (Lipinski definition) is 6. The van der Waals surface area contributed by atoms with Crippen LogP contribution in [0, 0.1) is 0 Å². The van der Waals surface area contributed by atoms with E-state index in [9.17, 15) is 9.59 Å². The van der Waals surface area contributed by atoms with Crippen molar-refractivity contribution in [3.05, 3.63) is 12.1 Å². The Kier molecular flexibility index (Phi) is 6.28. The van der Waals surface area contributed by atoms with E-state index in [0.29, 0.717) is 22.9 Å². The van der Waals surface area contributed by atoms with E-state index in [4.69, 9.17) is 19.3 Å². The fraction of sp³-hybridized carbons (Fsp3) is 0.385. The van der Waals surface area contributed by atoms with Crippen LogP contribution in [0.4, 0.5) is 5.69 Å². The van der Waals surface area contributed by atoms with Gasteiger partial charge in [-0.15, -0.1) is 0 Å². The summed E-state index contributed by atoms with van der Waals surface area (Å²) in [6.07, 6.45) is 0. The number of hydrogen-bond donors (Lipinski definition) is 2. The van der Waals surface area contributed by atoms with Crippen LogP contribution in [0.25, 0.3) is 0 Å². The molecule has 0 aliphatic rings. The molecule has 2 N–H and O–H groups in total. The molecule has 116 valence electrons. The molecule has 0 aliphatic heterocycles. The number of methoxy groups -OCH3 is 3. The first-order chi connectivity index (χ1) is 10.0. The van der Waals surface area contributed by atoms with Gasteiger partial charge in [0, 0.05) is 17.8 Å². The second-order valence-corrected chi connectivity index (χ2v) is 3.85. The smallest absolute Gasteiger partial charge is 0.329 e. The third kappa shape index (κ3) is 4.84. The molecule has 0 bridgehead atoms. The standard InChI is InChI=1S/C13H17NO7/c1-18-9-4-8(5-10(19-2)13(9)20-3)14-11(15)6-21-7-12(16)17/h4-5H,6-7H2,1-3H3,(H,14,15)(H,16,17). The summed E-state index contributed by atoms with van der Waals surface area (Å²) in [5.74, 6) is -0.460. The number of benzene rings is 1. The highest BCUT2D eigenvalue weighted by Gasteiger charge is 2.14. The Balaban J connectivity index is 2.79. The van der Waals surface area contributed by atoms with E-state index in [1.165, 1.54) is 21.3 Å². The molecule has 21 heavy (non-hydrogen) atoms. The zero-order chi connectivity index (χ0) is 15.8. The van der Waals surface area contributed by atoms with Crippen molar-refractivity contribution in [2.75, 3.05) is 39.9 Å². The predicted molar refractivity (Wildman–Crippen MR) is 73.2 cm³/mol. The van der Waals surface area contributed by atoms with Crippen LogP contribution in [0.3, 0.4) is 0 Å². The van der Waals surface area contributed by atoms with E-state index in [1.54, 1.807) is 12.1 Å². The van der Waals surface area contributed by atoms with Gasteiger partial charge in [-0.3, -0.25) is 4.79 Å². The number of nitrogens with one attached hydrogen (secondary N) is 1. The lowest BCUT2D eigenvalue weighted by atomic mass is 10.2. The summed E-state index contributed by atoms with van der Waals surface area (Å²) >= 11 is 0. The monoisotopic (exact) mass is 299 g/mol. The van der Waals surface area contributed by atoms with Crippen molar-refractivity contribution < 1.29 is 33.6 Å². The third-order valence-corrected chi connectivity index (χ3v) is 2.41. The van der Waals surface area contributed by atoms with E-state index in [2.05, 4.69) is 10.1 Å². The maximum absolute atomic E-state index is 11.6. The summed E-state index contributed by atoms with van der Waals surface area (Å²) in [5.41, 5.74) is 0.411. The molecule has 0 saturated heterocycles. The first-order valence-electron chi connectivity index (χ1n) is 5.91. The van der Waals surface area contributed by atoms with Crippen LogP contribution >= 0.6 is 0 Å². The topological polar surface area (TPSA) is 103 Å². The number of rotatable bonds is 8. The van der Waals surface area contributed by atoms with Crippen LogP contribution in [0.15, 0.2) is 12.1 Å². The minimum atomic E-state index is -1.14. The van der Waals surface area contributed by atoms with E-state index < -0.39 is 18.5 Å². The SMILES string of the molecule is COc1cc(NC(=O)COCC(=O)O)cc(OC)c1OC. The van der Waals surface area contributed by atoms with Gasteiger partial charge in [0.15, 0.2) is 11.5 Å². The van der Waals surface area contributed by atoms with Gasteiger partial charge in [-0.2, -0.15) is 0 Å². The summed E-state index contributed by atoms with van der Waals surface area (Å²) in [5, 5.41) is 11.0. The molecule has 0 heterocycles. The first kappa shape index (κ1) is 16.6. The normalized spacial score (nSPS) is 9.86. The number of carbonyl (C=O) groups is 2. The van der Waals surface area contributed by atoms with E-state index >= 15 is 0 Å². The summed E-state index contributed by atoms with van der Waals surface area (Å²) < 4.78 is 20.1. The Morgan fingerprint density at radius 1 is 1.05 bits per heavy atom. The molecule has 0 fully saturated rings. The summed E-state index contributed by atoms with van der Waals surface area (Å²) in [6.45, 7) is -0.911. The Labute approximate surface area is 121 Å². The maximum atomic E-state index is 11.6. The molecule has 1 rings (SSSR count). The quantitative estimate of drug-likeness (QED) is 0.730. The molecule has 1 amide bonds. The van der Waals surface area contributed by atoms with Crippen molar-refractivity contribution >= 4 is 17.6 Å². The molecular formula is C13H17NO7. The largest absolute Gasteiger partial charge is 0.493 e. The molecule has 0 radical (unpaired) electrons. The van der Waals surface area contributed by atoms with Crippen LogP contribution in [0.1, 0.15) is 0 Å². The van der Waals surface area contributed by atoms with Gasteiger partial charge in [0.1, 0.15) is 13.2 Å². The lowest BCUT2D eigenvalue weighted by Gasteiger charge is -2.14. The first-order valence-corrected chi connectivity index (χ1v) is 5.91. The second kappa shape index (κ2) is 7.95. The van der Waals surface area contributed by atoms with E-state index in [1.807, 2.05) is 0 Å². The van der Waals surface area contributed by atoms with Crippen molar-refractivity contribution in [3.8, 4) is 17.2 Å². The summed E-state index contributed by atoms with van der Waals surface area (Å²) in [4.78, 5) is 21.9. The second-order valence-electron chi connectivity index (χ2n) is 3.85. The molecule has 0 aliphatic carbocycles. The van der Waals surface area contributed by atoms with E-state index in [-0.39, 0.29) is 6.61 Å². The Morgan fingerprint density at radius 2 is 1.62 bits per heavy atom. The molecule has 0 spiro atoms. The predicted octanol–water partition coefficient (Wildman–Crippen LogP) is 0.752.